The Morgan fingerprint density at radius 3 is 2.96 bits per heavy atom. The molecular formula is C18H14N2O2S. The molecule has 1 aromatic heterocycles. The van der Waals surface area contributed by atoms with Gasteiger partial charge < -0.3 is 5.32 Å². The Balaban J connectivity index is 1.58. The molecule has 0 bridgehead atoms. The number of rotatable bonds is 3. The van der Waals surface area contributed by atoms with Crippen LogP contribution in [0.2, 0.25) is 0 Å². The topological polar surface area (TPSA) is 59.1 Å². The first-order chi connectivity index (χ1) is 11.2. The minimum atomic E-state index is -0.127. The minimum absolute atomic E-state index is 0.127. The maximum absolute atomic E-state index is 12.5. The summed E-state index contributed by atoms with van der Waals surface area (Å²) in [7, 11) is 0. The minimum Gasteiger partial charge on any atom is -0.348 e. The van der Waals surface area contributed by atoms with E-state index >= 15 is 0 Å². The Morgan fingerprint density at radius 2 is 2.04 bits per heavy atom. The zero-order valence-electron chi connectivity index (χ0n) is 12.3. The molecule has 1 N–H and O–H groups in total. The summed E-state index contributed by atoms with van der Waals surface area (Å²) in [4.78, 5) is 28.6. The second kappa shape index (κ2) is 5.59. The van der Waals surface area contributed by atoms with Crippen molar-refractivity contribution in [1.82, 2.24) is 10.3 Å². The fourth-order valence-electron chi connectivity index (χ4n) is 3.06. The van der Waals surface area contributed by atoms with E-state index in [0.29, 0.717) is 30.5 Å². The summed E-state index contributed by atoms with van der Waals surface area (Å²) in [5.74, 6) is 0.00199. The van der Waals surface area contributed by atoms with Crippen molar-refractivity contribution in [2.24, 2.45) is 0 Å². The van der Waals surface area contributed by atoms with Crippen LogP contribution in [0.3, 0.4) is 0 Å². The number of Topliss-reactive ketones (excluding diaryl/α,β-unsaturated/α-hetero) is 1. The Kier molecular flexibility index (Phi) is 3.42. The summed E-state index contributed by atoms with van der Waals surface area (Å²) < 4.78 is 1.10. The number of ketones is 1. The molecule has 0 radical (unpaired) electrons. The smallest absolute Gasteiger partial charge is 0.251 e. The van der Waals surface area contributed by atoms with Crippen molar-refractivity contribution in [2.45, 2.75) is 19.4 Å². The van der Waals surface area contributed by atoms with Gasteiger partial charge in [0, 0.05) is 24.1 Å². The normalized spacial score (nSPS) is 13.3. The molecule has 0 aliphatic heterocycles. The van der Waals surface area contributed by atoms with Crippen molar-refractivity contribution < 1.29 is 9.59 Å². The van der Waals surface area contributed by atoms with Gasteiger partial charge in [-0.3, -0.25) is 9.59 Å². The van der Waals surface area contributed by atoms with Crippen molar-refractivity contribution >= 4 is 33.2 Å². The Bertz CT molecular complexity index is 930. The van der Waals surface area contributed by atoms with E-state index in [0.717, 1.165) is 21.3 Å². The maximum Gasteiger partial charge on any atom is 0.251 e. The number of carbonyl (C=O) groups excluding carboxylic acids is 2. The summed E-state index contributed by atoms with van der Waals surface area (Å²) in [5.41, 5.74) is 6.01. The van der Waals surface area contributed by atoms with E-state index in [-0.39, 0.29) is 11.7 Å². The van der Waals surface area contributed by atoms with Crippen LogP contribution in [0.1, 0.15) is 38.3 Å². The predicted molar refractivity (Wildman–Crippen MR) is 89.9 cm³/mol. The van der Waals surface area contributed by atoms with Crippen molar-refractivity contribution in [3.63, 3.8) is 0 Å². The SMILES string of the molecule is O=C1CCc2c1cccc2C(=O)NCc1cccc2ncsc12. The fraction of sp³-hybridized carbons (Fsp3) is 0.167. The first kappa shape index (κ1) is 14.1. The van der Waals surface area contributed by atoms with Crippen LogP contribution < -0.4 is 5.32 Å². The third-order valence-electron chi connectivity index (χ3n) is 4.20. The van der Waals surface area contributed by atoms with Crippen LogP contribution in [0.25, 0.3) is 10.2 Å². The molecule has 4 nitrogen and oxygen atoms in total. The third-order valence-corrected chi connectivity index (χ3v) is 5.12. The van der Waals surface area contributed by atoms with Crippen LogP contribution >= 0.6 is 11.3 Å². The van der Waals surface area contributed by atoms with Gasteiger partial charge in [0.15, 0.2) is 5.78 Å². The molecular weight excluding hydrogens is 308 g/mol. The average Bonchev–Trinajstić information content (AvgIpc) is 3.19. The van der Waals surface area contributed by atoms with Gasteiger partial charge in [-0.15, -0.1) is 11.3 Å². The number of aromatic nitrogens is 1. The van der Waals surface area contributed by atoms with Crippen LogP contribution in [0.15, 0.2) is 41.9 Å². The lowest BCUT2D eigenvalue weighted by molar-refractivity contribution is 0.0949. The second-order valence-electron chi connectivity index (χ2n) is 5.56. The highest BCUT2D eigenvalue weighted by molar-refractivity contribution is 7.16. The van der Waals surface area contributed by atoms with Gasteiger partial charge in [0.05, 0.1) is 15.7 Å². The molecule has 0 unspecified atom stereocenters. The van der Waals surface area contributed by atoms with E-state index in [4.69, 9.17) is 0 Å². The monoisotopic (exact) mass is 322 g/mol. The number of hydrogen-bond acceptors (Lipinski definition) is 4. The molecule has 0 saturated carbocycles. The summed E-state index contributed by atoms with van der Waals surface area (Å²) in [6.45, 7) is 0.454. The average molecular weight is 322 g/mol. The van der Waals surface area contributed by atoms with E-state index < -0.39 is 0 Å². The Morgan fingerprint density at radius 1 is 1.17 bits per heavy atom. The van der Waals surface area contributed by atoms with Gasteiger partial charge in [-0.2, -0.15) is 0 Å². The highest BCUT2D eigenvalue weighted by atomic mass is 32.1. The van der Waals surface area contributed by atoms with Gasteiger partial charge in [-0.05, 0) is 29.7 Å². The molecule has 1 heterocycles. The lowest BCUT2D eigenvalue weighted by Crippen LogP contribution is -2.24. The maximum atomic E-state index is 12.5. The number of thiazole rings is 1. The molecule has 1 aliphatic carbocycles. The van der Waals surface area contributed by atoms with Crippen molar-refractivity contribution in [3.05, 3.63) is 64.2 Å². The molecule has 0 fully saturated rings. The molecule has 114 valence electrons. The van der Waals surface area contributed by atoms with E-state index in [2.05, 4.69) is 10.3 Å². The molecule has 2 aromatic carbocycles. The number of nitrogens with one attached hydrogen (secondary N) is 1. The van der Waals surface area contributed by atoms with E-state index in [9.17, 15) is 9.59 Å². The molecule has 4 rings (SSSR count). The quantitative estimate of drug-likeness (QED) is 0.804. The van der Waals surface area contributed by atoms with Crippen LogP contribution in [0.5, 0.6) is 0 Å². The van der Waals surface area contributed by atoms with Crippen LogP contribution in [-0.2, 0) is 13.0 Å². The fourth-order valence-corrected chi connectivity index (χ4v) is 3.86. The van der Waals surface area contributed by atoms with E-state index in [1.807, 2.05) is 23.7 Å². The van der Waals surface area contributed by atoms with Gasteiger partial charge in [0.2, 0.25) is 0 Å². The summed E-state index contributed by atoms with van der Waals surface area (Å²) in [5, 5.41) is 2.97. The number of hydrogen-bond donors (Lipinski definition) is 1. The van der Waals surface area contributed by atoms with Crippen molar-refractivity contribution in [2.75, 3.05) is 0 Å². The van der Waals surface area contributed by atoms with Gasteiger partial charge in [0.25, 0.3) is 5.91 Å². The summed E-state index contributed by atoms with van der Waals surface area (Å²) in [6, 6.07) is 11.3. The Labute approximate surface area is 137 Å². The lowest BCUT2D eigenvalue weighted by Gasteiger charge is -2.09. The van der Waals surface area contributed by atoms with Crippen LogP contribution in [-0.4, -0.2) is 16.7 Å². The van der Waals surface area contributed by atoms with Gasteiger partial charge >= 0.3 is 0 Å². The van der Waals surface area contributed by atoms with E-state index in [1.165, 1.54) is 0 Å². The highest BCUT2D eigenvalue weighted by Gasteiger charge is 2.24. The summed E-state index contributed by atoms with van der Waals surface area (Å²) >= 11 is 1.57. The highest BCUT2D eigenvalue weighted by Crippen LogP contribution is 2.26. The Hall–Kier alpha value is -2.53. The molecule has 1 amide bonds. The summed E-state index contributed by atoms with van der Waals surface area (Å²) in [6.07, 6.45) is 1.15. The van der Waals surface area contributed by atoms with Crippen LogP contribution in [0.4, 0.5) is 0 Å². The molecule has 1 aliphatic rings. The van der Waals surface area contributed by atoms with Gasteiger partial charge in [-0.1, -0.05) is 24.3 Å². The van der Waals surface area contributed by atoms with Gasteiger partial charge in [-0.25, -0.2) is 4.98 Å². The number of nitrogens with zero attached hydrogens (tertiary/aromatic N) is 1. The first-order valence-corrected chi connectivity index (χ1v) is 8.36. The number of amides is 1. The third kappa shape index (κ3) is 2.43. The zero-order valence-corrected chi connectivity index (χ0v) is 13.2. The zero-order chi connectivity index (χ0) is 15.8. The molecule has 3 aromatic rings. The molecule has 23 heavy (non-hydrogen) atoms. The molecule has 0 saturated heterocycles. The van der Waals surface area contributed by atoms with E-state index in [1.54, 1.807) is 29.5 Å². The second-order valence-corrected chi connectivity index (χ2v) is 6.41. The largest absolute Gasteiger partial charge is 0.348 e. The standard InChI is InChI=1S/C18H14N2O2S/c21-16-8-7-12-13(16)4-2-5-14(12)18(22)19-9-11-3-1-6-15-17(11)23-10-20-15/h1-6,10H,7-9H2,(H,19,22). The number of fused-ring (bicyclic) bond motifs is 2. The first-order valence-electron chi connectivity index (χ1n) is 7.48. The molecule has 0 atom stereocenters. The number of carbonyl (C=O) groups is 2. The molecule has 0 spiro atoms. The van der Waals surface area contributed by atoms with Crippen molar-refractivity contribution in [1.29, 1.82) is 0 Å². The van der Waals surface area contributed by atoms with Crippen LogP contribution in [0, 0.1) is 0 Å². The molecule has 5 heteroatoms. The predicted octanol–water partition coefficient (Wildman–Crippen LogP) is 3.36. The number of benzene rings is 2. The lowest BCUT2D eigenvalue weighted by atomic mass is 10.0. The van der Waals surface area contributed by atoms with Crippen molar-refractivity contribution in [3.8, 4) is 0 Å². The van der Waals surface area contributed by atoms with Gasteiger partial charge in [0.1, 0.15) is 0 Å².